The van der Waals surface area contributed by atoms with Gasteiger partial charge in [0.05, 0.1) is 21.4 Å². The van der Waals surface area contributed by atoms with Crippen molar-refractivity contribution in [2.24, 2.45) is 0 Å². The van der Waals surface area contributed by atoms with Crippen LogP contribution in [0.2, 0.25) is 0 Å². The molecule has 2 aromatic carbocycles. The van der Waals surface area contributed by atoms with Crippen LogP contribution in [0.15, 0.2) is 51.8 Å². The lowest BCUT2D eigenvalue weighted by molar-refractivity contribution is 0.102. The molecule has 0 aromatic heterocycles. The molecular weight excluding hydrogens is 350 g/mol. The third kappa shape index (κ3) is 3.58. The molecule has 20 heavy (non-hydrogen) atoms. The number of ketones is 1. The minimum atomic E-state index is -1.92. The van der Waals surface area contributed by atoms with Crippen LogP contribution in [-0.2, 0) is 10.8 Å². The quantitative estimate of drug-likeness (QED) is 0.780. The zero-order valence-electron chi connectivity index (χ0n) is 10.1. The number of benzene rings is 2. The molecule has 0 aliphatic rings. The van der Waals surface area contributed by atoms with Crippen molar-refractivity contribution in [1.82, 2.24) is 0 Å². The summed E-state index contributed by atoms with van der Waals surface area (Å²) in [6.45, 7) is 0. The number of carbonyl (C=O) groups is 1. The molecule has 0 aliphatic heterocycles. The highest BCUT2D eigenvalue weighted by molar-refractivity contribution is 9.10. The molecule has 0 saturated heterocycles. The highest BCUT2D eigenvalue weighted by Crippen LogP contribution is 2.16. The first-order valence-corrected chi connectivity index (χ1v) is 7.71. The number of carbonyl (C=O) groups excluding carboxylic acids is 1. The van der Waals surface area contributed by atoms with Crippen molar-refractivity contribution in [2.75, 3.05) is 5.75 Å². The van der Waals surface area contributed by atoms with Gasteiger partial charge in [0.1, 0.15) is 11.6 Å². The molecule has 0 heterocycles. The minimum Gasteiger partial charge on any atom is -0.293 e. The van der Waals surface area contributed by atoms with Crippen molar-refractivity contribution in [1.29, 1.82) is 0 Å². The fourth-order valence-corrected chi connectivity index (χ4v) is 2.92. The van der Waals surface area contributed by atoms with Crippen LogP contribution in [0.5, 0.6) is 0 Å². The van der Waals surface area contributed by atoms with E-state index in [0.29, 0.717) is 5.56 Å². The number of halogens is 3. The molecule has 104 valence electrons. The van der Waals surface area contributed by atoms with E-state index >= 15 is 0 Å². The Morgan fingerprint density at radius 2 is 1.75 bits per heavy atom. The van der Waals surface area contributed by atoms with Gasteiger partial charge in [-0.05, 0) is 30.3 Å². The van der Waals surface area contributed by atoms with E-state index in [4.69, 9.17) is 0 Å². The summed E-state index contributed by atoms with van der Waals surface area (Å²) < 4.78 is 39.2. The molecule has 0 fully saturated rings. The zero-order valence-corrected chi connectivity index (χ0v) is 12.5. The highest BCUT2D eigenvalue weighted by atomic mass is 79.9. The second-order valence-electron chi connectivity index (χ2n) is 3.99. The summed E-state index contributed by atoms with van der Waals surface area (Å²) in [4.78, 5) is 11.6. The summed E-state index contributed by atoms with van der Waals surface area (Å²) in [5.41, 5.74) is 0.373. The van der Waals surface area contributed by atoms with Crippen molar-refractivity contribution >= 4 is 32.5 Å². The molecular formula is C14H9BrF2O2S. The topological polar surface area (TPSA) is 34.1 Å². The summed E-state index contributed by atoms with van der Waals surface area (Å²) in [6, 6.07) is 9.19. The van der Waals surface area contributed by atoms with E-state index in [1.807, 2.05) is 0 Å². The molecule has 0 radical (unpaired) electrons. The van der Waals surface area contributed by atoms with Gasteiger partial charge in [-0.15, -0.1) is 0 Å². The number of hydrogen-bond acceptors (Lipinski definition) is 2. The van der Waals surface area contributed by atoms with Crippen molar-refractivity contribution in [3.63, 3.8) is 0 Å². The second kappa shape index (κ2) is 6.37. The van der Waals surface area contributed by atoms with Crippen molar-refractivity contribution in [3.8, 4) is 0 Å². The van der Waals surface area contributed by atoms with Gasteiger partial charge in [-0.1, -0.05) is 28.1 Å². The molecule has 6 heteroatoms. The standard InChI is InChI=1S/C14H9BrF2O2S/c15-10-3-1-9(2-4-10)13(18)8-20(19)14-7-11(16)5-6-12(14)17/h1-7H,8H2. The predicted octanol–water partition coefficient (Wildman–Crippen LogP) is 3.72. The van der Waals surface area contributed by atoms with Gasteiger partial charge in [0.2, 0.25) is 0 Å². The lowest BCUT2D eigenvalue weighted by atomic mass is 10.2. The SMILES string of the molecule is O=C(CS(=O)c1cc(F)ccc1F)c1ccc(Br)cc1. The average Bonchev–Trinajstić information content (AvgIpc) is 2.42. The second-order valence-corrected chi connectivity index (χ2v) is 6.33. The molecule has 0 bridgehead atoms. The van der Waals surface area contributed by atoms with Crippen LogP contribution in [0.3, 0.4) is 0 Å². The maximum Gasteiger partial charge on any atom is 0.175 e. The van der Waals surface area contributed by atoms with Gasteiger partial charge in [0.15, 0.2) is 5.78 Å². The molecule has 2 nitrogen and oxygen atoms in total. The van der Waals surface area contributed by atoms with E-state index < -0.39 is 22.4 Å². The normalized spacial score (nSPS) is 12.2. The van der Waals surface area contributed by atoms with Crippen LogP contribution in [0.1, 0.15) is 10.4 Å². The fraction of sp³-hybridized carbons (Fsp3) is 0.0714. The summed E-state index contributed by atoms with van der Waals surface area (Å²) in [6.07, 6.45) is 0. The third-order valence-electron chi connectivity index (χ3n) is 2.57. The molecule has 2 rings (SSSR count). The maximum absolute atomic E-state index is 13.4. The van der Waals surface area contributed by atoms with Crippen LogP contribution >= 0.6 is 15.9 Å². The molecule has 0 N–H and O–H groups in total. The summed E-state index contributed by atoms with van der Waals surface area (Å²) in [7, 11) is -1.92. The van der Waals surface area contributed by atoms with Gasteiger partial charge in [0, 0.05) is 10.0 Å². The monoisotopic (exact) mass is 358 g/mol. The summed E-state index contributed by atoms with van der Waals surface area (Å²) >= 11 is 3.24. The van der Waals surface area contributed by atoms with Crippen LogP contribution in [0.25, 0.3) is 0 Å². The first-order chi connectivity index (χ1) is 9.47. The molecule has 1 unspecified atom stereocenters. The van der Waals surface area contributed by atoms with Gasteiger partial charge in [-0.3, -0.25) is 9.00 Å². The molecule has 0 saturated carbocycles. The van der Waals surface area contributed by atoms with E-state index in [1.165, 1.54) is 0 Å². The van der Waals surface area contributed by atoms with E-state index in [0.717, 1.165) is 22.7 Å². The summed E-state index contributed by atoms with van der Waals surface area (Å²) in [5, 5.41) is 0. The van der Waals surface area contributed by atoms with Gasteiger partial charge >= 0.3 is 0 Å². The Labute approximate surface area is 125 Å². The number of Topliss-reactive ketones (excluding diaryl/α,β-unsaturated/α-hetero) is 1. The van der Waals surface area contributed by atoms with Gasteiger partial charge in [0.25, 0.3) is 0 Å². The molecule has 0 spiro atoms. The maximum atomic E-state index is 13.4. The van der Waals surface area contributed by atoms with Crippen LogP contribution in [0, 0.1) is 11.6 Å². The molecule has 2 aromatic rings. The summed E-state index contributed by atoms with van der Waals surface area (Å²) in [5.74, 6) is -2.25. The molecule has 0 amide bonds. The van der Waals surface area contributed by atoms with Crippen LogP contribution in [0.4, 0.5) is 8.78 Å². The Morgan fingerprint density at radius 3 is 2.40 bits per heavy atom. The minimum absolute atomic E-state index is 0.296. The van der Waals surface area contributed by atoms with Crippen LogP contribution in [-0.4, -0.2) is 15.7 Å². The Kier molecular flexibility index (Phi) is 4.77. The Hall–Kier alpha value is -1.40. The lowest BCUT2D eigenvalue weighted by Gasteiger charge is -2.04. The van der Waals surface area contributed by atoms with Crippen molar-refractivity contribution in [2.45, 2.75) is 4.90 Å². The number of rotatable bonds is 4. The lowest BCUT2D eigenvalue weighted by Crippen LogP contribution is -2.12. The number of hydrogen-bond donors (Lipinski definition) is 0. The van der Waals surface area contributed by atoms with E-state index in [9.17, 15) is 17.8 Å². The van der Waals surface area contributed by atoms with Gasteiger partial charge < -0.3 is 0 Å². The van der Waals surface area contributed by atoms with Gasteiger partial charge in [-0.2, -0.15) is 0 Å². The average molecular weight is 359 g/mol. The smallest absolute Gasteiger partial charge is 0.175 e. The van der Waals surface area contributed by atoms with E-state index in [-0.39, 0.29) is 16.4 Å². The van der Waals surface area contributed by atoms with Crippen molar-refractivity contribution < 1.29 is 17.8 Å². The Bertz CT molecular complexity index is 671. The zero-order chi connectivity index (χ0) is 14.7. The first kappa shape index (κ1) is 15.0. The van der Waals surface area contributed by atoms with Gasteiger partial charge in [-0.25, -0.2) is 8.78 Å². The molecule has 1 atom stereocenters. The fourth-order valence-electron chi connectivity index (χ4n) is 1.57. The Balaban J connectivity index is 2.17. The largest absolute Gasteiger partial charge is 0.293 e. The Morgan fingerprint density at radius 1 is 1.10 bits per heavy atom. The predicted molar refractivity (Wildman–Crippen MR) is 76.1 cm³/mol. The van der Waals surface area contributed by atoms with E-state index in [2.05, 4.69) is 15.9 Å². The highest BCUT2D eigenvalue weighted by Gasteiger charge is 2.16. The third-order valence-corrected chi connectivity index (χ3v) is 4.42. The van der Waals surface area contributed by atoms with E-state index in [1.54, 1.807) is 24.3 Å². The first-order valence-electron chi connectivity index (χ1n) is 5.59. The van der Waals surface area contributed by atoms with Crippen LogP contribution < -0.4 is 0 Å². The van der Waals surface area contributed by atoms with Crippen molar-refractivity contribution in [3.05, 3.63) is 64.1 Å². The molecule has 0 aliphatic carbocycles.